The minimum Gasteiger partial charge on any atom is -0.462 e. The van der Waals surface area contributed by atoms with Gasteiger partial charge in [0.05, 0.1) is 0 Å². The summed E-state index contributed by atoms with van der Waals surface area (Å²) in [7, 11) is 0. The number of carbonyl (C=O) groups is 5. The van der Waals surface area contributed by atoms with Crippen LogP contribution >= 0.6 is 0 Å². The van der Waals surface area contributed by atoms with Crippen LogP contribution in [0.1, 0.15) is 156 Å². The summed E-state index contributed by atoms with van der Waals surface area (Å²) in [5.41, 5.74) is 1.61. The Kier molecular flexibility index (Phi) is 14.8. The smallest absolute Gasteiger partial charge is 0.306 e. The van der Waals surface area contributed by atoms with E-state index in [1.807, 2.05) is 19.9 Å². The number of hydrogen-bond acceptors (Lipinski definition) is 9. The van der Waals surface area contributed by atoms with Gasteiger partial charge in [-0.25, -0.2) is 0 Å². The molecule has 0 unspecified atom stereocenters. The summed E-state index contributed by atoms with van der Waals surface area (Å²) in [6, 6.07) is 0. The average molecular weight is 687 g/mol. The van der Waals surface area contributed by atoms with Gasteiger partial charge in [0.1, 0.15) is 19.3 Å². The Bertz CT molecular complexity index is 1170. The van der Waals surface area contributed by atoms with Gasteiger partial charge in [0, 0.05) is 37.5 Å². The van der Waals surface area contributed by atoms with Gasteiger partial charge in [0.25, 0.3) is 0 Å². The zero-order valence-corrected chi connectivity index (χ0v) is 30.7. The van der Waals surface area contributed by atoms with E-state index < -0.39 is 12.1 Å². The SMILES string of the molecule is CCCC(=O)OCC(COC(=O)CCC)OC(=O)CCCCCCCCC(=O)O[C@H]1CC[C@H]2[C@@H]3CCC4=CC(=O)CC[C@]4(C)[C@H]3CC[C@]12C. The van der Waals surface area contributed by atoms with Gasteiger partial charge in [-0.3, -0.25) is 24.0 Å². The van der Waals surface area contributed by atoms with Crippen molar-refractivity contribution < 1.29 is 42.9 Å². The standard InChI is InChI=1S/C40H62O9/c1-5-13-35(42)46-26-30(27-47-36(43)14-6-2)48-37(44)15-11-9-7-8-10-12-16-38(45)49-34-20-19-32-31-18-17-28-25-29(41)21-23-39(28,3)33(31)22-24-40(32,34)4/h25,30-34H,5-24,26-27H2,1-4H3/t31-,32-,33-,34-,39-,40-/m0/s1. The Morgan fingerprint density at radius 1 is 0.714 bits per heavy atom. The lowest BCUT2D eigenvalue weighted by molar-refractivity contribution is -0.166. The summed E-state index contributed by atoms with van der Waals surface area (Å²) in [6.45, 7) is 8.28. The lowest BCUT2D eigenvalue weighted by Crippen LogP contribution is -2.51. The third-order valence-electron chi connectivity index (χ3n) is 12.2. The molecule has 3 fully saturated rings. The molecule has 0 N–H and O–H groups in total. The second-order valence-corrected chi connectivity index (χ2v) is 15.7. The van der Waals surface area contributed by atoms with Gasteiger partial charge < -0.3 is 18.9 Å². The lowest BCUT2D eigenvalue weighted by Gasteiger charge is -2.57. The summed E-state index contributed by atoms with van der Waals surface area (Å²) < 4.78 is 22.0. The van der Waals surface area contributed by atoms with Crippen molar-refractivity contribution in [2.24, 2.45) is 28.6 Å². The Labute approximate surface area is 294 Å². The Balaban J connectivity index is 1.09. The number of rotatable bonds is 19. The van der Waals surface area contributed by atoms with Crippen molar-refractivity contribution in [2.45, 2.75) is 168 Å². The number of unbranched alkanes of at least 4 members (excludes halogenated alkanes) is 5. The van der Waals surface area contributed by atoms with Gasteiger partial charge in [-0.05, 0) is 99.9 Å². The minimum absolute atomic E-state index is 0.00904. The molecule has 4 rings (SSSR count). The van der Waals surface area contributed by atoms with Crippen LogP contribution in [-0.2, 0) is 42.9 Å². The minimum atomic E-state index is -0.812. The number of ketones is 1. The van der Waals surface area contributed by atoms with Crippen molar-refractivity contribution in [3.8, 4) is 0 Å². The highest BCUT2D eigenvalue weighted by Gasteiger charge is 2.60. The Morgan fingerprint density at radius 2 is 1.33 bits per heavy atom. The number of ether oxygens (including phenoxy) is 4. The molecule has 4 aliphatic carbocycles. The maximum atomic E-state index is 12.9. The maximum Gasteiger partial charge on any atom is 0.306 e. The molecule has 49 heavy (non-hydrogen) atoms. The highest BCUT2D eigenvalue weighted by atomic mass is 16.6. The van der Waals surface area contributed by atoms with Crippen LogP contribution in [0.15, 0.2) is 11.6 Å². The monoisotopic (exact) mass is 686 g/mol. The Morgan fingerprint density at radius 3 is 1.96 bits per heavy atom. The highest BCUT2D eigenvalue weighted by molar-refractivity contribution is 5.91. The average Bonchev–Trinajstić information content (AvgIpc) is 3.39. The van der Waals surface area contributed by atoms with E-state index in [0.29, 0.717) is 55.6 Å². The molecule has 6 atom stereocenters. The molecule has 4 aliphatic rings. The second-order valence-electron chi connectivity index (χ2n) is 15.7. The molecule has 0 aliphatic heterocycles. The van der Waals surface area contributed by atoms with Crippen LogP contribution in [0.25, 0.3) is 0 Å². The fourth-order valence-electron chi connectivity index (χ4n) is 9.45. The normalized spacial score (nSPS) is 28.9. The van der Waals surface area contributed by atoms with Crippen molar-refractivity contribution >= 4 is 29.7 Å². The molecule has 0 aromatic carbocycles. The third-order valence-corrected chi connectivity index (χ3v) is 12.2. The molecule has 0 aromatic rings. The van der Waals surface area contributed by atoms with Crippen molar-refractivity contribution in [3.05, 3.63) is 11.6 Å². The zero-order chi connectivity index (χ0) is 35.4. The first-order valence-electron chi connectivity index (χ1n) is 19.4. The van der Waals surface area contributed by atoms with Crippen LogP contribution in [0.5, 0.6) is 0 Å². The summed E-state index contributed by atoms with van der Waals surface area (Å²) in [6.07, 6.45) is 17.2. The van der Waals surface area contributed by atoms with Crippen molar-refractivity contribution in [2.75, 3.05) is 13.2 Å². The molecule has 276 valence electrons. The van der Waals surface area contributed by atoms with Crippen LogP contribution in [0.4, 0.5) is 0 Å². The van der Waals surface area contributed by atoms with E-state index in [9.17, 15) is 24.0 Å². The highest BCUT2D eigenvalue weighted by Crippen LogP contribution is 2.65. The molecular formula is C40H62O9. The third kappa shape index (κ3) is 10.4. The number of carbonyl (C=O) groups excluding carboxylic acids is 5. The van der Waals surface area contributed by atoms with Gasteiger partial charge in [-0.15, -0.1) is 0 Å². The van der Waals surface area contributed by atoms with Crippen molar-refractivity contribution in [1.29, 1.82) is 0 Å². The summed E-state index contributed by atoms with van der Waals surface area (Å²) in [4.78, 5) is 61.0. The quantitative estimate of drug-likeness (QED) is 0.0753. The Hall–Kier alpha value is -2.71. The second kappa shape index (κ2) is 18.5. The number of allylic oxidation sites excluding steroid dienone is 1. The van der Waals surface area contributed by atoms with Crippen molar-refractivity contribution in [3.63, 3.8) is 0 Å². The molecule has 9 nitrogen and oxygen atoms in total. The molecule has 0 bridgehead atoms. The predicted molar refractivity (Wildman–Crippen MR) is 185 cm³/mol. The topological polar surface area (TPSA) is 122 Å². The fraction of sp³-hybridized carbons (Fsp3) is 0.825. The van der Waals surface area contributed by atoms with Gasteiger partial charge in [-0.2, -0.15) is 0 Å². The maximum absolute atomic E-state index is 12.9. The van der Waals surface area contributed by atoms with Gasteiger partial charge in [0.15, 0.2) is 11.9 Å². The van der Waals surface area contributed by atoms with E-state index in [-0.39, 0.29) is 67.3 Å². The first-order valence-corrected chi connectivity index (χ1v) is 19.4. The van der Waals surface area contributed by atoms with Gasteiger partial charge in [-0.1, -0.05) is 59.0 Å². The van der Waals surface area contributed by atoms with Gasteiger partial charge in [0.2, 0.25) is 0 Å². The molecule has 9 heteroatoms. The van der Waals surface area contributed by atoms with E-state index >= 15 is 0 Å². The molecule has 0 amide bonds. The first-order chi connectivity index (χ1) is 23.5. The molecule has 0 saturated heterocycles. The summed E-state index contributed by atoms with van der Waals surface area (Å²) in [5.74, 6) is 0.985. The fourth-order valence-corrected chi connectivity index (χ4v) is 9.45. The molecular weight excluding hydrogens is 624 g/mol. The first kappa shape index (κ1) is 39.1. The largest absolute Gasteiger partial charge is 0.462 e. The molecule has 3 saturated carbocycles. The van der Waals surface area contributed by atoms with E-state index in [4.69, 9.17) is 18.9 Å². The molecule has 0 heterocycles. The molecule has 0 aromatic heterocycles. The van der Waals surface area contributed by atoms with Crippen LogP contribution in [0.3, 0.4) is 0 Å². The van der Waals surface area contributed by atoms with Gasteiger partial charge >= 0.3 is 23.9 Å². The summed E-state index contributed by atoms with van der Waals surface area (Å²) in [5, 5.41) is 0. The van der Waals surface area contributed by atoms with Crippen LogP contribution in [0, 0.1) is 28.6 Å². The number of esters is 4. The van der Waals surface area contributed by atoms with E-state index in [1.54, 1.807) is 0 Å². The summed E-state index contributed by atoms with van der Waals surface area (Å²) >= 11 is 0. The van der Waals surface area contributed by atoms with Crippen LogP contribution in [0.2, 0.25) is 0 Å². The van der Waals surface area contributed by atoms with E-state index in [1.165, 1.54) is 5.57 Å². The predicted octanol–water partition coefficient (Wildman–Crippen LogP) is 8.15. The molecule has 0 radical (unpaired) electrons. The van der Waals surface area contributed by atoms with Crippen molar-refractivity contribution in [1.82, 2.24) is 0 Å². The zero-order valence-electron chi connectivity index (χ0n) is 30.7. The lowest BCUT2D eigenvalue weighted by atomic mass is 9.47. The van der Waals surface area contributed by atoms with E-state index in [0.717, 1.165) is 77.0 Å². The van der Waals surface area contributed by atoms with E-state index in [2.05, 4.69) is 13.8 Å². The molecule has 0 spiro atoms. The van der Waals surface area contributed by atoms with Crippen LogP contribution < -0.4 is 0 Å². The number of hydrogen-bond donors (Lipinski definition) is 0. The number of fused-ring (bicyclic) bond motifs is 5. The van der Waals surface area contributed by atoms with Crippen LogP contribution in [-0.4, -0.2) is 55.1 Å².